The fourth-order valence-electron chi connectivity index (χ4n) is 4.92. The molecule has 252 valence electrons. The van der Waals surface area contributed by atoms with Gasteiger partial charge in [-0.25, -0.2) is 4.79 Å². The molecule has 0 bridgehead atoms. The van der Waals surface area contributed by atoms with Gasteiger partial charge in [-0.2, -0.15) is 0 Å². The molecule has 5 aromatic carbocycles. The second kappa shape index (κ2) is 17.3. The molecule has 50 heavy (non-hydrogen) atoms. The highest BCUT2D eigenvalue weighted by atomic mass is 32.2. The van der Waals surface area contributed by atoms with Gasteiger partial charge in [0.05, 0.1) is 25.0 Å². The summed E-state index contributed by atoms with van der Waals surface area (Å²) in [4.78, 5) is 53.5. The minimum Gasteiger partial charge on any atom is -0.493 e. The molecule has 0 aliphatic rings. The lowest BCUT2D eigenvalue weighted by molar-refractivity contribution is -0.116. The predicted molar refractivity (Wildman–Crippen MR) is 196 cm³/mol. The van der Waals surface area contributed by atoms with E-state index in [9.17, 15) is 19.2 Å². The maximum Gasteiger partial charge on any atom is 0.339 e. The molecule has 0 aliphatic carbocycles. The molecule has 10 heteroatoms. The van der Waals surface area contributed by atoms with Crippen LogP contribution in [0.4, 0.5) is 11.4 Å². The average Bonchev–Trinajstić information content (AvgIpc) is 3.15. The van der Waals surface area contributed by atoms with Crippen LogP contribution in [-0.4, -0.2) is 37.4 Å². The van der Waals surface area contributed by atoms with Crippen LogP contribution in [0.3, 0.4) is 0 Å². The van der Waals surface area contributed by atoms with Crippen molar-refractivity contribution in [1.82, 2.24) is 5.32 Å². The molecule has 1 atom stereocenters. The molecule has 0 heterocycles. The first-order chi connectivity index (χ1) is 24.4. The molecule has 5 rings (SSSR count). The molecule has 3 N–H and O–H groups in total. The third-order valence-corrected chi connectivity index (χ3v) is 8.61. The number of anilines is 2. The Labute approximate surface area is 294 Å². The minimum absolute atomic E-state index is 0.0255. The molecule has 0 saturated carbocycles. The monoisotopic (exact) mass is 685 g/mol. The Morgan fingerprint density at radius 2 is 1.38 bits per heavy atom. The van der Waals surface area contributed by atoms with E-state index in [-0.39, 0.29) is 17.2 Å². The van der Waals surface area contributed by atoms with E-state index in [2.05, 4.69) is 16.0 Å². The van der Waals surface area contributed by atoms with E-state index in [1.54, 1.807) is 97.1 Å². The van der Waals surface area contributed by atoms with Gasteiger partial charge >= 0.3 is 5.97 Å². The zero-order valence-corrected chi connectivity index (χ0v) is 28.2. The maximum atomic E-state index is 13.7. The third kappa shape index (κ3) is 9.27. The molecule has 0 aromatic heterocycles. The molecule has 0 fully saturated rings. The number of benzene rings is 5. The number of nitrogens with one attached hydrogen (secondary N) is 3. The van der Waals surface area contributed by atoms with Crippen LogP contribution in [0.2, 0.25) is 0 Å². The number of rotatable bonds is 13. The molecule has 0 spiro atoms. The molecule has 5 aromatic rings. The Kier molecular flexibility index (Phi) is 12.2. The quantitative estimate of drug-likeness (QED) is 0.0658. The van der Waals surface area contributed by atoms with Crippen LogP contribution in [0.5, 0.6) is 5.75 Å². The van der Waals surface area contributed by atoms with E-state index in [1.165, 1.54) is 18.9 Å². The molecule has 1 unspecified atom stereocenters. The fourth-order valence-corrected chi connectivity index (χ4v) is 5.94. The Morgan fingerprint density at radius 3 is 2.08 bits per heavy atom. The van der Waals surface area contributed by atoms with E-state index in [0.717, 1.165) is 10.5 Å². The van der Waals surface area contributed by atoms with Gasteiger partial charge in [0.2, 0.25) is 5.91 Å². The molecular formula is C40H35N3O6S. The average molecular weight is 686 g/mol. The summed E-state index contributed by atoms with van der Waals surface area (Å²) < 4.78 is 10.6. The van der Waals surface area contributed by atoms with Crippen LogP contribution in [0.25, 0.3) is 6.08 Å². The van der Waals surface area contributed by atoms with E-state index in [1.807, 2.05) is 49.4 Å². The van der Waals surface area contributed by atoms with Gasteiger partial charge in [-0.3, -0.25) is 14.4 Å². The van der Waals surface area contributed by atoms with Gasteiger partial charge in [-0.1, -0.05) is 78.9 Å². The van der Waals surface area contributed by atoms with Crippen molar-refractivity contribution < 1.29 is 28.7 Å². The highest BCUT2D eigenvalue weighted by Crippen LogP contribution is 2.37. The van der Waals surface area contributed by atoms with E-state index in [0.29, 0.717) is 34.9 Å². The summed E-state index contributed by atoms with van der Waals surface area (Å²) in [5, 5.41) is 7.83. The number of hydrogen-bond acceptors (Lipinski definition) is 7. The van der Waals surface area contributed by atoms with Gasteiger partial charge in [0.1, 0.15) is 16.7 Å². The molecule has 0 radical (unpaired) electrons. The highest BCUT2D eigenvalue weighted by Gasteiger charge is 2.24. The first kappa shape index (κ1) is 35.2. The standard InChI is InChI=1S/C40H35N3O6S/c1-3-49-35-21-13-10-18-29(35)26-34(43-37(44)28-16-8-5-9-17-28)38(45)41-30-22-24-31(25-23-30)50-36(27-14-6-4-7-15-27)39(46)42-33-20-12-11-19-32(33)40(47)48-2/h4-26,36H,3H2,1-2H3,(H,41,45)(H,42,46)(H,43,44)/b34-26-. The van der Waals surface area contributed by atoms with Crippen molar-refractivity contribution in [3.8, 4) is 5.75 Å². The summed E-state index contributed by atoms with van der Waals surface area (Å²) in [5.41, 5.74) is 2.88. The van der Waals surface area contributed by atoms with Crippen LogP contribution in [0.15, 0.2) is 144 Å². The fraction of sp³-hybridized carbons (Fsp3) is 0.100. The van der Waals surface area contributed by atoms with Crippen molar-refractivity contribution >= 4 is 52.9 Å². The van der Waals surface area contributed by atoms with Gasteiger partial charge < -0.3 is 25.4 Å². The largest absolute Gasteiger partial charge is 0.493 e. The second-order valence-electron chi connectivity index (χ2n) is 10.8. The first-order valence-electron chi connectivity index (χ1n) is 15.8. The smallest absolute Gasteiger partial charge is 0.339 e. The predicted octanol–water partition coefficient (Wildman–Crippen LogP) is 7.75. The molecule has 0 aliphatic heterocycles. The SMILES string of the molecule is CCOc1ccccc1/C=C(\NC(=O)c1ccccc1)C(=O)Nc1ccc(SC(C(=O)Nc2ccccc2C(=O)OC)c2ccccc2)cc1. The molecular weight excluding hydrogens is 651 g/mol. The molecule has 0 saturated heterocycles. The van der Waals surface area contributed by atoms with Crippen LogP contribution >= 0.6 is 11.8 Å². The van der Waals surface area contributed by atoms with E-state index >= 15 is 0 Å². The summed E-state index contributed by atoms with van der Waals surface area (Å²) in [7, 11) is 1.29. The number of para-hydroxylation sites is 2. The summed E-state index contributed by atoms with van der Waals surface area (Å²) in [6.07, 6.45) is 1.58. The molecule has 3 amide bonds. The van der Waals surface area contributed by atoms with Crippen molar-refractivity contribution in [3.05, 3.63) is 161 Å². The summed E-state index contributed by atoms with van der Waals surface area (Å²) in [5.74, 6) is -1.29. The van der Waals surface area contributed by atoms with Crippen LogP contribution in [-0.2, 0) is 14.3 Å². The summed E-state index contributed by atoms with van der Waals surface area (Å²) in [6.45, 7) is 2.30. The summed E-state index contributed by atoms with van der Waals surface area (Å²) >= 11 is 1.31. The highest BCUT2D eigenvalue weighted by molar-refractivity contribution is 8.00. The van der Waals surface area contributed by atoms with Crippen LogP contribution < -0.4 is 20.7 Å². The number of ether oxygens (including phenoxy) is 2. The van der Waals surface area contributed by atoms with Gasteiger partial charge in [-0.05, 0) is 73.2 Å². The Hall–Kier alpha value is -6.13. The van der Waals surface area contributed by atoms with E-state index < -0.39 is 23.0 Å². The number of carbonyl (C=O) groups excluding carboxylic acids is 4. The zero-order valence-electron chi connectivity index (χ0n) is 27.4. The van der Waals surface area contributed by atoms with Crippen molar-refractivity contribution in [2.24, 2.45) is 0 Å². The minimum atomic E-state index is -0.671. The van der Waals surface area contributed by atoms with Crippen molar-refractivity contribution in [2.45, 2.75) is 17.1 Å². The number of thioether (sulfide) groups is 1. The van der Waals surface area contributed by atoms with Crippen molar-refractivity contribution in [3.63, 3.8) is 0 Å². The second-order valence-corrected chi connectivity index (χ2v) is 11.9. The maximum absolute atomic E-state index is 13.7. The first-order valence-corrected chi connectivity index (χ1v) is 16.7. The van der Waals surface area contributed by atoms with Crippen molar-refractivity contribution in [2.75, 3.05) is 24.4 Å². The topological polar surface area (TPSA) is 123 Å². The number of esters is 1. The van der Waals surface area contributed by atoms with Crippen molar-refractivity contribution in [1.29, 1.82) is 0 Å². The van der Waals surface area contributed by atoms with Gasteiger partial charge in [0, 0.05) is 21.7 Å². The lowest BCUT2D eigenvalue weighted by Crippen LogP contribution is -2.30. The third-order valence-electron chi connectivity index (χ3n) is 7.34. The Balaban J connectivity index is 1.36. The van der Waals surface area contributed by atoms with Gasteiger partial charge in [0.25, 0.3) is 11.8 Å². The lowest BCUT2D eigenvalue weighted by Gasteiger charge is -2.18. The number of amides is 3. The Bertz CT molecular complexity index is 1980. The van der Waals surface area contributed by atoms with Crippen LogP contribution in [0.1, 0.15) is 44.0 Å². The van der Waals surface area contributed by atoms with Crippen LogP contribution in [0, 0.1) is 0 Å². The number of hydrogen-bond donors (Lipinski definition) is 3. The normalized spacial score (nSPS) is 11.5. The number of methoxy groups -OCH3 is 1. The Morgan fingerprint density at radius 1 is 0.740 bits per heavy atom. The summed E-state index contributed by atoms with van der Waals surface area (Å²) in [6, 6.07) is 38.8. The van der Waals surface area contributed by atoms with Gasteiger partial charge in [-0.15, -0.1) is 11.8 Å². The van der Waals surface area contributed by atoms with Gasteiger partial charge in [0.15, 0.2) is 0 Å². The zero-order chi connectivity index (χ0) is 35.3. The molecule has 9 nitrogen and oxygen atoms in total. The number of carbonyl (C=O) groups is 4. The lowest BCUT2D eigenvalue weighted by atomic mass is 10.1. The van der Waals surface area contributed by atoms with E-state index in [4.69, 9.17) is 9.47 Å².